The van der Waals surface area contributed by atoms with Gasteiger partial charge in [-0.05, 0) is 25.0 Å². The van der Waals surface area contributed by atoms with Gasteiger partial charge in [-0.15, -0.1) is 0 Å². The van der Waals surface area contributed by atoms with Crippen molar-refractivity contribution in [1.29, 1.82) is 0 Å². The molecular weight excluding hydrogens is 190 g/mol. The maximum atomic E-state index is 11.9. The van der Waals surface area contributed by atoms with E-state index in [1.54, 1.807) is 0 Å². The molecule has 15 heavy (non-hydrogen) atoms. The average molecular weight is 205 g/mol. The van der Waals surface area contributed by atoms with Crippen LogP contribution >= 0.6 is 0 Å². The lowest BCUT2D eigenvalue weighted by Gasteiger charge is -2.11. The van der Waals surface area contributed by atoms with Crippen molar-refractivity contribution in [3.8, 4) is 0 Å². The minimum absolute atomic E-state index is 0.00333. The molecule has 1 amide bonds. The highest BCUT2D eigenvalue weighted by molar-refractivity contribution is 5.95. The Hall–Kier alpha value is -1.35. The van der Waals surface area contributed by atoms with Crippen molar-refractivity contribution in [2.24, 2.45) is 0 Å². The Labute approximate surface area is 89.4 Å². The van der Waals surface area contributed by atoms with Crippen molar-refractivity contribution in [2.75, 3.05) is 13.2 Å². The quantitative estimate of drug-likeness (QED) is 0.794. The summed E-state index contributed by atoms with van der Waals surface area (Å²) in [5, 5.41) is 2.97. The van der Waals surface area contributed by atoms with Crippen LogP contribution in [0.15, 0.2) is 24.3 Å². The lowest BCUT2D eigenvalue weighted by Crippen LogP contribution is -2.35. The lowest BCUT2D eigenvalue weighted by molar-refractivity contribution is 0.0929. The van der Waals surface area contributed by atoms with Crippen molar-refractivity contribution in [1.82, 2.24) is 5.32 Å². The second-order valence-electron chi connectivity index (χ2n) is 3.85. The van der Waals surface area contributed by atoms with E-state index in [1.807, 2.05) is 31.2 Å². The highest BCUT2D eigenvalue weighted by Gasteiger charge is 2.18. The first-order valence-electron chi connectivity index (χ1n) is 5.21. The van der Waals surface area contributed by atoms with E-state index in [9.17, 15) is 4.79 Å². The first kappa shape index (κ1) is 10.2. The molecule has 1 atom stereocenters. The monoisotopic (exact) mass is 205 g/mol. The predicted molar refractivity (Wildman–Crippen MR) is 57.9 cm³/mol. The second-order valence-corrected chi connectivity index (χ2v) is 3.85. The number of carbonyl (C=O) groups excluding carboxylic acids is 1. The summed E-state index contributed by atoms with van der Waals surface area (Å²) in [6.45, 7) is 3.33. The molecule has 1 aromatic carbocycles. The molecule has 1 aromatic rings. The van der Waals surface area contributed by atoms with Crippen LogP contribution in [0.25, 0.3) is 0 Å². The fourth-order valence-electron chi connectivity index (χ4n) is 1.74. The van der Waals surface area contributed by atoms with E-state index < -0.39 is 0 Å². The molecule has 1 N–H and O–H groups in total. The van der Waals surface area contributed by atoms with Gasteiger partial charge in [-0.3, -0.25) is 4.79 Å². The largest absolute Gasteiger partial charge is 0.379 e. The van der Waals surface area contributed by atoms with Gasteiger partial charge < -0.3 is 10.1 Å². The summed E-state index contributed by atoms with van der Waals surface area (Å²) in [6, 6.07) is 7.79. The van der Waals surface area contributed by atoms with Crippen molar-refractivity contribution < 1.29 is 9.53 Å². The second kappa shape index (κ2) is 4.45. The number of rotatable bonds is 2. The molecule has 1 fully saturated rings. The maximum absolute atomic E-state index is 11.9. The van der Waals surface area contributed by atoms with Gasteiger partial charge >= 0.3 is 0 Å². The van der Waals surface area contributed by atoms with Crippen molar-refractivity contribution in [3.05, 3.63) is 35.4 Å². The molecule has 80 valence electrons. The fraction of sp³-hybridized carbons (Fsp3) is 0.417. The Balaban J connectivity index is 2.04. The van der Waals surface area contributed by atoms with Crippen LogP contribution in [-0.4, -0.2) is 25.2 Å². The molecule has 0 aliphatic carbocycles. The molecule has 0 saturated carbocycles. The average Bonchev–Trinajstić information content (AvgIpc) is 2.71. The van der Waals surface area contributed by atoms with Crippen LogP contribution in [0.2, 0.25) is 0 Å². The molecule has 0 bridgehead atoms. The Morgan fingerprint density at radius 2 is 2.27 bits per heavy atom. The number of amides is 1. The molecule has 1 aliphatic heterocycles. The van der Waals surface area contributed by atoms with E-state index in [0.717, 1.165) is 24.2 Å². The molecule has 1 unspecified atom stereocenters. The number of benzene rings is 1. The summed E-state index contributed by atoms with van der Waals surface area (Å²) in [7, 11) is 0. The van der Waals surface area contributed by atoms with Crippen molar-refractivity contribution in [3.63, 3.8) is 0 Å². The predicted octanol–water partition coefficient (Wildman–Crippen LogP) is 1.51. The molecule has 1 heterocycles. The minimum atomic E-state index is 0.00333. The first-order valence-corrected chi connectivity index (χ1v) is 5.21. The number of aryl methyl sites for hydroxylation is 1. The summed E-state index contributed by atoms with van der Waals surface area (Å²) in [4.78, 5) is 11.9. The third-order valence-electron chi connectivity index (χ3n) is 2.65. The molecule has 1 saturated heterocycles. The molecule has 2 rings (SSSR count). The molecular formula is C12H15NO2. The van der Waals surface area contributed by atoms with E-state index in [0.29, 0.717) is 6.61 Å². The molecule has 3 heteroatoms. The van der Waals surface area contributed by atoms with E-state index in [1.165, 1.54) is 0 Å². The van der Waals surface area contributed by atoms with Crippen LogP contribution in [0.5, 0.6) is 0 Å². The van der Waals surface area contributed by atoms with Crippen molar-refractivity contribution in [2.45, 2.75) is 19.4 Å². The zero-order valence-corrected chi connectivity index (χ0v) is 8.82. The van der Waals surface area contributed by atoms with E-state index in [2.05, 4.69) is 5.32 Å². The molecule has 0 radical (unpaired) electrons. The van der Waals surface area contributed by atoms with Crippen LogP contribution in [0, 0.1) is 6.92 Å². The van der Waals surface area contributed by atoms with E-state index >= 15 is 0 Å². The van der Waals surface area contributed by atoms with Gasteiger partial charge in [0.05, 0.1) is 12.6 Å². The molecule has 1 aliphatic rings. The smallest absolute Gasteiger partial charge is 0.251 e. The Bertz CT molecular complexity index is 356. The van der Waals surface area contributed by atoms with Gasteiger partial charge in [-0.2, -0.15) is 0 Å². The summed E-state index contributed by atoms with van der Waals surface area (Å²) < 4.78 is 5.21. The van der Waals surface area contributed by atoms with Gasteiger partial charge in [-0.1, -0.05) is 18.2 Å². The SMILES string of the molecule is Cc1ccccc1C(=O)NC1CCOC1. The van der Waals surface area contributed by atoms with E-state index in [-0.39, 0.29) is 11.9 Å². The number of carbonyl (C=O) groups is 1. The summed E-state index contributed by atoms with van der Waals surface area (Å²) >= 11 is 0. The van der Waals surface area contributed by atoms with Crippen LogP contribution in [0.4, 0.5) is 0 Å². The number of hydrogen-bond acceptors (Lipinski definition) is 2. The zero-order chi connectivity index (χ0) is 10.7. The van der Waals surface area contributed by atoms with Gasteiger partial charge in [0.15, 0.2) is 0 Å². The standard InChI is InChI=1S/C12H15NO2/c1-9-4-2-3-5-11(9)12(14)13-10-6-7-15-8-10/h2-5,10H,6-8H2,1H3,(H,13,14). The van der Waals surface area contributed by atoms with Gasteiger partial charge in [0.25, 0.3) is 5.91 Å². The zero-order valence-electron chi connectivity index (χ0n) is 8.82. The Morgan fingerprint density at radius 3 is 2.93 bits per heavy atom. The molecule has 0 aromatic heterocycles. The van der Waals surface area contributed by atoms with Crippen molar-refractivity contribution >= 4 is 5.91 Å². The van der Waals surface area contributed by atoms with Gasteiger partial charge in [0, 0.05) is 12.2 Å². The van der Waals surface area contributed by atoms with Crippen LogP contribution < -0.4 is 5.32 Å². The van der Waals surface area contributed by atoms with Crippen LogP contribution in [0.3, 0.4) is 0 Å². The summed E-state index contributed by atoms with van der Waals surface area (Å²) in [5.41, 5.74) is 1.76. The lowest BCUT2D eigenvalue weighted by atomic mass is 10.1. The third kappa shape index (κ3) is 2.36. The minimum Gasteiger partial charge on any atom is -0.379 e. The van der Waals surface area contributed by atoms with Crippen LogP contribution in [-0.2, 0) is 4.74 Å². The number of ether oxygens (including phenoxy) is 1. The molecule has 0 spiro atoms. The number of nitrogens with one attached hydrogen (secondary N) is 1. The topological polar surface area (TPSA) is 38.3 Å². The maximum Gasteiger partial charge on any atom is 0.251 e. The van der Waals surface area contributed by atoms with Gasteiger partial charge in [0.1, 0.15) is 0 Å². The highest BCUT2D eigenvalue weighted by Crippen LogP contribution is 2.09. The van der Waals surface area contributed by atoms with Gasteiger partial charge in [0.2, 0.25) is 0 Å². The van der Waals surface area contributed by atoms with E-state index in [4.69, 9.17) is 4.74 Å². The first-order chi connectivity index (χ1) is 7.27. The molecule has 3 nitrogen and oxygen atoms in total. The Kier molecular flexibility index (Phi) is 3.02. The van der Waals surface area contributed by atoms with Gasteiger partial charge in [-0.25, -0.2) is 0 Å². The fourth-order valence-corrected chi connectivity index (χ4v) is 1.74. The Morgan fingerprint density at radius 1 is 1.47 bits per heavy atom. The van der Waals surface area contributed by atoms with Crippen LogP contribution in [0.1, 0.15) is 22.3 Å². The highest BCUT2D eigenvalue weighted by atomic mass is 16.5. The summed E-state index contributed by atoms with van der Waals surface area (Å²) in [6.07, 6.45) is 0.914. The third-order valence-corrected chi connectivity index (χ3v) is 2.65. The summed E-state index contributed by atoms with van der Waals surface area (Å²) in [5.74, 6) is 0.00333. The number of hydrogen-bond donors (Lipinski definition) is 1. The normalized spacial score (nSPS) is 20.2.